The molecule has 1 aromatic heterocycles. The highest BCUT2D eigenvalue weighted by atomic mass is 19.3. The summed E-state index contributed by atoms with van der Waals surface area (Å²) < 4.78 is 25.4. The molecular formula is C10H11F2N3O. The minimum Gasteiger partial charge on any atom is -0.397 e. The van der Waals surface area contributed by atoms with Gasteiger partial charge in [-0.15, -0.1) is 0 Å². The number of alkyl halides is 2. The lowest BCUT2D eigenvalue weighted by Gasteiger charge is -2.31. The summed E-state index contributed by atoms with van der Waals surface area (Å²) in [4.78, 5) is 16.9. The van der Waals surface area contributed by atoms with Gasteiger partial charge < -0.3 is 10.6 Å². The normalized spacial score (nSPS) is 15.1. The zero-order valence-electron chi connectivity index (χ0n) is 8.49. The Hall–Kier alpha value is -1.72. The number of pyridine rings is 1. The zero-order chi connectivity index (χ0) is 11.7. The number of nitrogen functional groups attached to an aromatic ring is 1. The molecule has 1 aromatic rings. The second-order valence-electron chi connectivity index (χ2n) is 3.65. The van der Waals surface area contributed by atoms with Crippen molar-refractivity contribution in [2.24, 2.45) is 0 Å². The molecule has 0 saturated carbocycles. The molecule has 1 amide bonds. The van der Waals surface area contributed by atoms with Crippen LogP contribution in [-0.4, -0.2) is 28.9 Å². The number of carbonyl (C=O) groups excluding carboxylic acids is 1. The molecule has 0 unspecified atom stereocenters. The first kappa shape index (κ1) is 10.8. The van der Waals surface area contributed by atoms with Crippen molar-refractivity contribution in [3.63, 3.8) is 0 Å². The number of hydrogen-bond donors (Lipinski definition) is 1. The Kier molecular flexibility index (Phi) is 2.72. The molecular weight excluding hydrogens is 216 g/mol. The maximum absolute atomic E-state index is 12.7. The Morgan fingerprint density at radius 2 is 2.19 bits per heavy atom. The predicted molar refractivity (Wildman–Crippen MR) is 54.1 cm³/mol. The number of nitrogens with two attached hydrogens (primary N) is 1. The van der Waals surface area contributed by atoms with E-state index in [4.69, 9.17) is 5.73 Å². The van der Waals surface area contributed by atoms with E-state index in [0.717, 1.165) is 12.5 Å². The molecule has 2 N–H and O–H groups in total. The monoisotopic (exact) mass is 227 g/mol. The van der Waals surface area contributed by atoms with Gasteiger partial charge in [-0.05, 0) is 12.5 Å². The van der Waals surface area contributed by atoms with Crippen LogP contribution in [0.25, 0.3) is 0 Å². The summed E-state index contributed by atoms with van der Waals surface area (Å²) in [5.41, 5.74) is 4.92. The van der Waals surface area contributed by atoms with Crippen molar-refractivity contribution in [3.05, 3.63) is 23.5 Å². The van der Waals surface area contributed by atoms with Crippen LogP contribution in [0.1, 0.15) is 28.9 Å². The fraction of sp³-hybridized carbons (Fsp3) is 0.400. The van der Waals surface area contributed by atoms with Crippen molar-refractivity contribution < 1.29 is 13.6 Å². The molecule has 0 radical (unpaired) electrons. The van der Waals surface area contributed by atoms with E-state index in [1.165, 1.54) is 11.1 Å². The Morgan fingerprint density at radius 1 is 1.50 bits per heavy atom. The molecule has 1 aliphatic rings. The molecule has 0 spiro atoms. The van der Waals surface area contributed by atoms with Gasteiger partial charge in [0.05, 0.1) is 17.4 Å². The van der Waals surface area contributed by atoms with Gasteiger partial charge in [-0.1, -0.05) is 0 Å². The molecule has 0 aliphatic carbocycles. The van der Waals surface area contributed by atoms with Gasteiger partial charge in [0.2, 0.25) is 0 Å². The van der Waals surface area contributed by atoms with Gasteiger partial charge in [0.25, 0.3) is 12.3 Å². The maximum Gasteiger partial charge on any atom is 0.272 e. The lowest BCUT2D eigenvalue weighted by Crippen LogP contribution is -2.42. The minimum atomic E-state index is -2.74. The molecule has 1 fully saturated rings. The van der Waals surface area contributed by atoms with Crippen molar-refractivity contribution in [1.82, 2.24) is 9.88 Å². The Morgan fingerprint density at radius 3 is 2.69 bits per heavy atom. The SMILES string of the molecule is Nc1cnc(C(=O)N2CCC2)c(C(F)F)c1. The third-order valence-electron chi connectivity index (χ3n) is 2.52. The molecule has 6 heteroatoms. The van der Waals surface area contributed by atoms with E-state index in [9.17, 15) is 13.6 Å². The number of nitrogens with zero attached hydrogens (tertiary/aromatic N) is 2. The number of carbonyl (C=O) groups is 1. The smallest absolute Gasteiger partial charge is 0.272 e. The molecule has 16 heavy (non-hydrogen) atoms. The van der Waals surface area contributed by atoms with Crippen LogP contribution in [0.3, 0.4) is 0 Å². The van der Waals surface area contributed by atoms with E-state index in [1.807, 2.05) is 0 Å². The van der Waals surface area contributed by atoms with Crippen LogP contribution in [-0.2, 0) is 0 Å². The maximum atomic E-state index is 12.7. The van der Waals surface area contributed by atoms with Crippen LogP contribution in [0.4, 0.5) is 14.5 Å². The standard InChI is InChI=1S/C10H11F2N3O/c11-9(12)7-4-6(13)5-14-8(7)10(16)15-2-1-3-15/h4-5,9H,1-3,13H2. The first-order valence-corrected chi connectivity index (χ1v) is 4.92. The molecule has 2 heterocycles. The fourth-order valence-corrected chi connectivity index (χ4v) is 1.51. The quantitative estimate of drug-likeness (QED) is 0.831. The van der Waals surface area contributed by atoms with Crippen molar-refractivity contribution in [1.29, 1.82) is 0 Å². The Balaban J connectivity index is 2.35. The summed E-state index contributed by atoms with van der Waals surface area (Å²) in [7, 11) is 0. The zero-order valence-corrected chi connectivity index (χ0v) is 8.49. The molecule has 1 aliphatic heterocycles. The molecule has 1 saturated heterocycles. The van der Waals surface area contributed by atoms with Crippen LogP contribution in [0.15, 0.2) is 12.3 Å². The van der Waals surface area contributed by atoms with Crippen LogP contribution < -0.4 is 5.73 Å². The molecule has 0 atom stereocenters. The van der Waals surface area contributed by atoms with Crippen LogP contribution >= 0.6 is 0 Å². The van der Waals surface area contributed by atoms with Gasteiger partial charge in [0, 0.05) is 13.1 Å². The van der Waals surface area contributed by atoms with E-state index < -0.39 is 17.9 Å². The third kappa shape index (κ3) is 1.82. The average molecular weight is 227 g/mol. The van der Waals surface area contributed by atoms with Crippen molar-refractivity contribution >= 4 is 11.6 Å². The first-order chi connectivity index (χ1) is 7.59. The van der Waals surface area contributed by atoms with Crippen LogP contribution in [0, 0.1) is 0 Å². The van der Waals surface area contributed by atoms with Crippen molar-refractivity contribution in [2.75, 3.05) is 18.8 Å². The van der Waals surface area contributed by atoms with E-state index >= 15 is 0 Å². The van der Waals surface area contributed by atoms with Gasteiger partial charge >= 0.3 is 0 Å². The van der Waals surface area contributed by atoms with Crippen molar-refractivity contribution in [2.45, 2.75) is 12.8 Å². The summed E-state index contributed by atoms with van der Waals surface area (Å²) in [6.07, 6.45) is -0.611. The summed E-state index contributed by atoms with van der Waals surface area (Å²) in [5, 5.41) is 0. The largest absolute Gasteiger partial charge is 0.397 e. The highest BCUT2D eigenvalue weighted by molar-refractivity contribution is 5.94. The average Bonchev–Trinajstić information content (AvgIpc) is 2.14. The lowest BCUT2D eigenvalue weighted by molar-refractivity contribution is 0.0634. The van der Waals surface area contributed by atoms with E-state index in [-0.39, 0.29) is 11.4 Å². The van der Waals surface area contributed by atoms with Crippen LogP contribution in [0.5, 0.6) is 0 Å². The second-order valence-corrected chi connectivity index (χ2v) is 3.65. The Labute approximate surface area is 91.1 Å². The lowest BCUT2D eigenvalue weighted by atomic mass is 10.1. The third-order valence-corrected chi connectivity index (χ3v) is 2.52. The summed E-state index contributed by atoms with van der Waals surface area (Å²) in [6, 6.07) is 1.10. The number of hydrogen-bond acceptors (Lipinski definition) is 3. The summed E-state index contributed by atoms with van der Waals surface area (Å²) in [5.74, 6) is -0.443. The number of rotatable bonds is 2. The predicted octanol–water partition coefficient (Wildman–Crippen LogP) is 1.45. The fourth-order valence-electron chi connectivity index (χ4n) is 1.51. The summed E-state index contributed by atoms with van der Waals surface area (Å²) >= 11 is 0. The van der Waals surface area contributed by atoms with Gasteiger partial charge in [0.15, 0.2) is 0 Å². The molecule has 0 aromatic carbocycles. The molecule has 86 valence electrons. The first-order valence-electron chi connectivity index (χ1n) is 4.92. The number of halogens is 2. The van der Waals surface area contributed by atoms with Gasteiger partial charge in [-0.3, -0.25) is 4.79 Å². The number of anilines is 1. The Bertz CT molecular complexity index is 419. The van der Waals surface area contributed by atoms with Crippen molar-refractivity contribution in [3.8, 4) is 0 Å². The van der Waals surface area contributed by atoms with Gasteiger partial charge in [-0.2, -0.15) is 0 Å². The molecule has 4 nitrogen and oxygen atoms in total. The van der Waals surface area contributed by atoms with E-state index in [2.05, 4.69) is 4.98 Å². The highest BCUT2D eigenvalue weighted by Crippen LogP contribution is 2.25. The molecule has 2 rings (SSSR count). The topological polar surface area (TPSA) is 59.2 Å². The van der Waals surface area contributed by atoms with E-state index in [1.54, 1.807) is 0 Å². The number of amides is 1. The second kappa shape index (κ2) is 4.03. The highest BCUT2D eigenvalue weighted by Gasteiger charge is 2.27. The summed E-state index contributed by atoms with van der Waals surface area (Å²) in [6.45, 7) is 1.21. The van der Waals surface area contributed by atoms with Crippen LogP contribution in [0.2, 0.25) is 0 Å². The van der Waals surface area contributed by atoms with E-state index in [0.29, 0.717) is 13.1 Å². The minimum absolute atomic E-state index is 0.135. The van der Waals surface area contributed by atoms with Gasteiger partial charge in [0.1, 0.15) is 5.69 Å². The number of aromatic nitrogens is 1. The molecule has 0 bridgehead atoms. The number of likely N-dealkylation sites (tertiary alicyclic amines) is 1. The van der Waals surface area contributed by atoms with Gasteiger partial charge in [-0.25, -0.2) is 13.8 Å².